The van der Waals surface area contributed by atoms with Gasteiger partial charge in [0.05, 0.1) is 30.5 Å². The molecule has 0 saturated heterocycles. The van der Waals surface area contributed by atoms with E-state index >= 15 is 0 Å². The Kier molecular flexibility index (Phi) is 3.35. The first-order valence-electron chi connectivity index (χ1n) is 5.92. The van der Waals surface area contributed by atoms with E-state index in [1.54, 1.807) is 11.7 Å². The van der Waals surface area contributed by atoms with Crippen LogP contribution in [-0.4, -0.2) is 27.8 Å². The van der Waals surface area contributed by atoms with E-state index in [0.717, 1.165) is 17.7 Å². The third kappa shape index (κ3) is 2.43. The second-order valence-corrected chi connectivity index (χ2v) is 5.20. The van der Waals surface area contributed by atoms with Crippen molar-refractivity contribution in [3.63, 3.8) is 0 Å². The molecule has 0 bridgehead atoms. The van der Waals surface area contributed by atoms with E-state index in [1.807, 2.05) is 0 Å². The predicted octanol–water partition coefficient (Wildman–Crippen LogP) is 1.76. The monoisotopic (exact) mass is 266 g/mol. The molecule has 6 nitrogen and oxygen atoms in total. The summed E-state index contributed by atoms with van der Waals surface area (Å²) in [5.74, 6) is 0.948. The molecule has 2 aromatic rings. The zero-order valence-corrected chi connectivity index (χ0v) is 10.6. The van der Waals surface area contributed by atoms with Gasteiger partial charge >= 0.3 is 0 Å². The molecule has 1 aliphatic carbocycles. The van der Waals surface area contributed by atoms with Gasteiger partial charge in [-0.05, 0) is 19.3 Å². The Morgan fingerprint density at radius 3 is 3.11 bits per heavy atom. The van der Waals surface area contributed by atoms with Crippen LogP contribution in [0.25, 0.3) is 10.8 Å². The summed E-state index contributed by atoms with van der Waals surface area (Å²) in [6.45, 7) is 0.437. The molecular weight excluding hydrogens is 252 g/mol. The molecule has 0 radical (unpaired) electrons. The van der Waals surface area contributed by atoms with E-state index in [4.69, 9.17) is 15.0 Å². The fourth-order valence-electron chi connectivity index (χ4n) is 1.66. The first-order chi connectivity index (χ1) is 8.83. The van der Waals surface area contributed by atoms with Gasteiger partial charge in [0.2, 0.25) is 0 Å². The number of rotatable bonds is 5. The van der Waals surface area contributed by atoms with Crippen LogP contribution in [-0.2, 0) is 4.74 Å². The lowest BCUT2D eigenvalue weighted by molar-refractivity contribution is -0.00549. The molecule has 2 N–H and O–H groups in total. The molecule has 1 fully saturated rings. The topological polar surface area (TPSA) is 87.1 Å². The maximum absolute atomic E-state index is 5.97. The highest BCUT2D eigenvalue weighted by Crippen LogP contribution is 2.24. The Hall–Kier alpha value is -1.31. The minimum Gasteiger partial charge on any atom is -0.376 e. The van der Waals surface area contributed by atoms with E-state index in [1.165, 1.54) is 17.8 Å². The van der Waals surface area contributed by atoms with E-state index in [0.29, 0.717) is 24.4 Å². The largest absolute Gasteiger partial charge is 0.376 e. The van der Waals surface area contributed by atoms with Crippen molar-refractivity contribution in [2.24, 2.45) is 5.73 Å². The number of aromatic nitrogens is 3. The maximum atomic E-state index is 5.97. The molecule has 0 aromatic carbocycles. The lowest BCUT2D eigenvalue weighted by Gasteiger charge is -2.26. The molecule has 1 saturated carbocycles. The molecule has 7 heteroatoms. The van der Waals surface area contributed by atoms with Crippen LogP contribution in [0.15, 0.2) is 16.2 Å². The van der Waals surface area contributed by atoms with Gasteiger partial charge < -0.3 is 15.0 Å². The number of ether oxygens (including phenoxy) is 1. The van der Waals surface area contributed by atoms with E-state index in [-0.39, 0.29) is 6.04 Å². The zero-order valence-electron chi connectivity index (χ0n) is 9.78. The van der Waals surface area contributed by atoms with Crippen molar-refractivity contribution in [1.29, 1.82) is 0 Å². The fourth-order valence-corrected chi connectivity index (χ4v) is 2.20. The van der Waals surface area contributed by atoms with Crippen LogP contribution in [0.4, 0.5) is 0 Å². The molecule has 2 heterocycles. The van der Waals surface area contributed by atoms with Gasteiger partial charge in [0.15, 0.2) is 5.82 Å². The van der Waals surface area contributed by atoms with Gasteiger partial charge in [0.1, 0.15) is 4.88 Å². The standard InChI is InChI=1S/C11H14N4O2S/c12-8(5-16-7-2-1-3-7)10-14-11(17-15-10)9-4-13-6-18-9/h4,6-8H,1-3,5,12H2. The summed E-state index contributed by atoms with van der Waals surface area (Å²) in [7, 11) is 0. The molecule has 18 heavy (non-hydrogen) atoms. The third-order valence-corrected chi connectivity index (χ3v) is 3.74. The van der Waals surface area contributed by atoms with Crippen molar-refractivity contribution in [1.82, 2.24) is 15.1 Å². The molecule has 0 spiro atoms. The number of nitrogens with two attached hydrogens (primary N) is 1. The van der Waals surface area contributed by atoms with Crippen LogP contribution in [0, 0.1) is 0 Å². The molecule has 0 aliphatic heterocycles. The quantitative estimate of drug-likeness (QED) is 0.887. The summed E-state index contributed by atoms with van der Waals surface area (Å²) in [6, 6.07) is -0.337. The number of hydrogen-bond donors (Lipinski definition) is 1. The van der Waals surface area contributed by atoms with Gasteiger partial charge in [-0.1, -0.05) is 5.16 Å². The maximum Gasteiger partial charge on any atom is 0.269 e. The van der Waals surface area contributed by atoms with Crippen LogP contribution in [0.2, 0.25) is 0 Å². The minimum atomic E-state index is -0.337. The van der Waals surface area contributed by atoms with Crippen LogP contribution in [0.1, 0.15) is 31.1 Å². The number of hydrogen-bond acceptors (Lipinski definition) is 7. The zero-order chi connectivity index (χ0) is 12.4. The smallest absolute Gasteiger partial charge is 0.269 e. The second kappa shape index (κ2) is 5.13. The Bertz CT molecular complexity index is 495. The summed E-state index contributed by atoms with van der Waals surface area (Å²) >= 11 is 1.45. The van der Waals surface area contributed by atoms with Crippen LogP contribution in [0.3, 0.4) is 0 Å². The molecule has 0 amide bonds. The summed E-state index contributed by atoms with van der Waals surface area (Å²) in [5, 5.41) is 3.88. The average Bonchev–Trinajstić information content (AvgIpc) is 2.97. The number of nitrogens with zero attached hydrogens (tertiary/aromatic N) is 3. The van der Waals surface area contributed by atoms with Crippen molar-refractivity contribution in [2.75, 3.05) is 6.61 Å². The van der Waals surface area contributed by atoms with Crippen LogP contribution < -0.4 is 5.73 Å². The summed E-state index contributed by atoms with van der Waals surface area (Å²) in [4.78, 5) is 9.08. The third-order valence-electron chi connectivity index (χ3n) is 2.98. The highest BCUT2D eigenvalue weighted by atomic mass is 32.1. The van der Waals surface area contributed by atoms with Crippen molar-refractivity contribution in [2.45, 2.75) is 31.4 Å². The highest BCUT2D eigenvalue weighted by molar-refractivity contribution is 7.13. The number of thiazole rings is 1. The van der Waals surface area contributed by atoms with E-state index in [2.05, 4.69) is 15.1 Å². The van der Waals surface area contributed by atoms with E-state index in [9.17, 15) is 0 Å². The lowest BCUT2D eigenvalue weighted by Crippen LogP contribution is -2.27. The van der Waals surface area contributed by atoms with Gasteiger partial charge in [-0.2, -0.15) is 4.98 Å². The lowest BCUT2D eigenvalue weighted by atomic mass is 9.96. The Labute approximate surface area is 108 Å². The normalized spacial score (nSPS) is 17.6. The Balaban J connectivity index is 1.61. The first kappa shape index (κ1) is 11.8. The van der Waals surface area contributed by atoms with Crippen molar-refractivity contribution < 1.29 is 9.26 Å². The molecular formula is C11H14N4O2S. The van der Waals surface area contributed by atoms with Crippen molar-refractivity contribution in [3.05, 3.63) is 17.5 Å². The molecule has 3 rings (SSSR count). The average molecular weight is 266 g/mol. The molecule has 1 atom stereocenters. The predicted molar refractivity (Wildman–Crippen MR) is 65.9 cm³/mol. The first-order valence-corrected chi connectivity index (χ1v) is 6.80. The highest BCUT2D eigenvalue weighted by Gasteiger charge is 2.21. The van der Waals surface area contributed by atoms with Gasteiger partial charge in [-0.3, -0.25) is 4.98 Å². The van der Waals surface area contributed by atoms with Gasteiger partial charge in [0, 0.05) is 0 Å². The van der Waals surface area contributed by atoms with Crippen molar-refractivity contribution in [3.8, 4) is 10.8 Å². The fraction of sp³-hybridized carbons (Fsp3) is 0.545. The SMILES string of the molecule is NC(COC1CCC1)c1noc(-c2cncs2)n1. The summed E-state index contributed by atoms with van der Waals surface area (Å²) in [5.41, 5.74) is 7.69. The van der Waals surface area contributed by atoms with Crippen LogP contribution >= 0.6 is 11.3 Å². The summed E-state index contributed by atoms with van der Waals surface area (Å²) < 4.78 is 10.8. The van der Waals surface area contributed by atoms with Crippen molar-refractivity contribution >= 4 is 11.3 Å². The van der Waals surface area contributed by atoms with Gasteiger partial charge in [-0.25, -0.2) is 0 Å². The van der Waals surface area contributed by atoms with Crippen LogP contribution in [0.5, 0.6) is 0 Å². The summed E-state index contributed by atoms with van der Waals surface area (Å²) in [6.07, 6.45) is 5.57. The van der Waals surface area contributed by atoms with E-state index < -0.39 is 0 Å². The minimum absolute atomic E-state index is 0.337. The molecule has 1 unspecified atom stereocenters. The van der Waals surface area contributed by atoms with Gasteiger partial charge in [-0.15, -0.1) is 11.3 Å². The Morgan fingerprint density at radius 2 is 2.44 bits per heavy atom. The second-order valence-electron chi connectivity index (χ2n) is 4.32. The molecule has 1 aliphatic rings. The molecule has 96 valence electrons. The van der Waals surface area contributed by atoms with Gasteiger partial charge in [0.25, 0.3) is 5.89 Å². The Morgan fingerprint density at radius 1 is 1.56 bits per heavy atom. The molecule has 2 aromatic heterocycles.